The van der Waals surface area contributed by atoms with Gasteiger partial charge in [-0.2, -0.15) is 0 Å². The van der Waals surface area contributed by atoms with Crippen molar-refractivity contribution < 1.29 is 8.42 Å². The lowest BCUT2D eigenvalue weighted by molar-refractivity contribution is 0.125. The number of hydrogen-bond acceptors (Lipinski definition) is 3. The minimum Gasteiger partial charge on any atom is -0.302 e. The molecular formula is C25H40N2O2S. The third kappa shape index (κ3) is 4.29. The molecule has 1 N–H and O–H groups in total. The zero-order valence-electron chi connectivity index (χ0n) is 19.4. The number of anilines is 1. The molecule has 4 rings (SSSR count). The van der Waals surface area contributed by atoms with Crippen LogP contribution in [-0.2, 0) is 15.4 Å². The summed E-state index contributed by atoms with van der Waals surface area (Å²) in [5, 5.41) is 0. The normalized spacial score (nSPS) is 34.6. The Labute approximate surface area is 183 Å². The zero-order valence-corrected chi connectivity index (χ0v) is 20.3. The summed E-state index contributed by atoms with van der Waals surface area (Å²) in [6, 6.07) is 8.13. The quantitative estimate of drug-likeness (QED) is 0.679. The zero-order chi connectivity index (χ0) is 21.7. The van der Waals surface area contributed by atoms with Crippen LogP contribution in [0.1, 0.15) is 65.4 Å². The van der Waals surface area contributed by atoms with Crippen LogP contribution in [0.5, 0.6) is 0 Å². The standard InChI is InChI=1S/C25H40N2O2S/c1-6-25(20-8-7-9-21(14-20)26-30(5,28)29)22-16-27(17-23(22)25)15-18-10-12-19(13-11-18)24(2,3)4/h7-9,14,18-19,22-23,26H,6,10-13,15-17H2,1-5H3. The SMILES string of the molecule is CCC1(c2cccc(NS(C)(=O)=O)c2)C2CN(CC3CCC(C(C)(C)C)CC3)CC21. The maximum Gasteiger partial charge on any atom is 0.229 e. The Morgan fingerprint density at radius 3 is 2.27 bits per heavy atom. The highest BCUT2D eigenvalue weighted by atomic mass is 32.2. The van der Waals surface area contributed by atoms with Crippen molar-refractivity contribution in [1.29, 1.82) is 0 Å². The molecule has 2 unspecified atom stereocenters. The minimum atomic E-state index is -3.24. The summed E-state index contributed by atoms with van der Waals surface area (Å²) in [6.07, 6.45) is 7.93. The first-order chi connectivity index (χ1) is 14.0. The van der Waals surface area contributed by atoms with Gasteiger partial charge in [0, 0.05) is 30.7 Å². The van der Waals surface area contributed by atoms with E-state index < -0.39 is 10.0 Å². The molecule has 2 aliphatic carbocycles. The maximum atomic E-state index is 11.6. The molecule has 4 nitrogen and oxygen atoms in total. The van der Waals surface area contributed by atoms with Gasteiger partial charge in [0.15, 0.2) is 0 Å². The highest BCUT2D eigenvalue weighted by molar-refractivity contribution is 7.92. The molecule has 2 saturated carbocycles. The molecule has 0 amide bonds. The van der Waals surface area contributed by atoms with Crippen molar-refractivity contribution in [2.75, 3.05) is 30.6 Å². The van der Waals surface area contributed by atoms with Crippen molar-refractivity contribution in [1.82, 2.24) is 4.90 Å². The molecule has 30 heavy (non-hydrogen) atoms. The second-order valence-corrected chi connectivity index (χ2v) is 13.1. The fraction of sp³-hybridized carbons (Fsp3) is 0.760. The van der Waals surface area contributed by atoms with Crippen LogP contribution in [0.2, 0.25) is 0 Å². The lowest BCUT2D eigenvalue weighted by Crippen LogP contribution is -2.36. The van der Waals surface area contributed by atoms with Crippen molar-refractivity contribution >= 4 is 15.7 Å². The van der Waals surface area contributed by atoms with E-state index in [2.05, 4.69) is 49.4 Å². The van der Waals surface area contributed by atoms with Crippen LogP contribution >= 0.6 is 0 Å². The van der Waals surface area contributed by atoms with Gasteiger partial charge in [-0.1, -0.05) is 39.8 Å². The fourth-order valence-corrected chi connectivity index (χ4v) is 7.34. The van der Waals surface area contributed by atoms with Gasteiger partial charge < -0.3 is 4.90 Å². The third-order valence-corrected chi connectivity index (χ3v) is 9.09. The van der Waals surface area contributed by atoms with E-state index in [1.807, 2.05) is 12.1 Å². The molecule has 1 saturated heterocycles. The van der Waals surface area contributed by atoms with Crippen LogP contribution in [0, 0.1) is 29.1 Å². The summed E-state index contributed by atoms with van der Waals surface area (Å²) in [4.78, 5) is 2.73. The van der Waals surface area contributed by atoms with E-state index in [1.165, 1.54) is 57.1 Å². The number of nitrogens with one attached hydrogen (secondary N) is 1. The topological polar surface area (TPSA) is 49.4 Å². The fourth-order valence-electron chi connectivity index (χ4n) is 6.78. The lowest BCUT2D eigenvalue weighted by Gasteiger charge is -2.38. The van der Waals surface area contributed by atoms with Crippen LogP contribution in [0.15, 0.2) is 24.3 Å². The van der Waals surface area contributed by atoms with Gasteiger partial charge >= 0.3 is 0 Å². The Bertz CT molecular complexity index is 853. The number of sulfonamides is 1. The molecule has 1 aromatic carbocycles. The van der Waals surface area contributed by atoms with Crippen LogP contribution in [0.3, 0.4) is 0 Å². The monoisotopic (exact) mass is 432 g/mol. The van der Waals surface area contributed by atoms with E-state index in [0.717, 1.165) is 30.1 Å². The van der Waals surface area contributed by atoms with E-state index in [9.17, 15) is 8.42 Å². The number of fused-ring (bicyclic) bond motifs is 1. The van der Waals surface area contributed by atoms with Crippen LogP contribution < -0.4 is 4.72 Å². The number of benzene rings is 1. The molecular weight excluding hydrogens is 392 g/mol. The van der Waals surface area contributed by atoms with Crippen molar-refractivity contribution in [3.05, 3.63) is 29.8 Å². The lowest BCUT2D eigenvalue weighted by atomic mass is 9.70. The summed E-state index contributed by atoms with van der Waals surface area (Å²) in [7, 11) is -3.24. The first-order valence-electron chi connectivity index (χ1n) is 11.8. The molecule has 1 heterocycles. The smallest absolute Gasteiger partial charge is 0.229 e. The Kier molecular flexibility index (Phi) is 5.76. The molecule has 3 fully saturated rings. The van der Waals surface area contributed by atoms with Gasteiger partial charge in [-0.05, 0) is 78.9 Å². The van der Waals surface area contributed by atoms with Gasteiger partial charge in [0.1, 0.15) is 0 Å². The van der Waals surface area contributed by atoms with Gasteiger partial charge in [0.2, 0.25) is 10.0 Å². The molecule has 168 valence electrons. The van der Waals surface area contributed by atoms with Crippen LogP contribution in [0.25, 0.3) is 0 Å². The van der Waals surface area contributed by atoms with Crippen LogP contribution in [-0.4, -0.2) is 39.2 Å². The summed E-state index contributed by atoms with van der Waals surface area (Å²) >= 11 is 0. The summed E-state index contributed by atoms with van der Waals surface area (Å²) in [5.41, 5.74) is 2.72. The number of rotatable bonds is 6. The average Bonchev–Trinajstić information content (AvgIpc) is 3.04. The Morgan fingerprint density at radius 2 is 1.73 bits per heavy atom. The second-order valence-electron chi connectivity index (χ2n) is 11.4. The maximum absolute atomic E-state index is 11.6. The minimum absolute atomic E-state index is 0.246. The highest BCUT2D eigenvalue weighted by Crippen LogP contribution is 2.65. The van der Waals surface area contributed by atoms with E-state index in [0.29, 0.717) is 11.1 Å². The molecule has 2 atom stereocenters. The Hall–Kier alpha value is -1.07. The molecule has 3 aliphatic rings. The van der Waals surface area contributed by atoms with Gasteiger partial charge in [0.25, 0.3) is 0 Å². The van der Waals surface area contributed by atoms with Crippen molar-refractivity contribution in [2.45, 2.75) is 65.2 Å². The number of nitrogens with zero attached hydrogens (tertiary/aromatic N) is 1. The van der Waals surface area contributed by atoms with Crippen molar-refractivity contribution in [3.63, 3.8) is 0 Å². The Balaban J connectivity index is 1.35. The summed E-state index contributed by atoms with van der Waals surface area (Å²) < 4.78 is 25.9. The third-order valence-electron chi connectivity index (χ3n) is 8.49. The molecule has 0 aromatic heterocycles. The predicted octanol–water partition coefficient (Wildman–Crippen LogP) is 5.12. The average molecular weight is 433 g/mol. The van der Waals surface area contributed by atoms with E-state index >= 15 is 0 Å². The number of likely N-dealkylation sites (tertiary alicyclic amines) is 1. The van der Waals surface area contributed by atoms with Crippen LogP contribution in [0.4, 0.5) is 5.69 Å². The van der Waals surface area contributed by atoms with E-state index in [-0.39, 0.29) is 5.41 Å². The van der Waals surface area contributed by atoms with Gasteiger partial charge in [-0.15, -0.1) is 0 Å². The van der Waals surface area contributed by atoms with Gasteiger partial charge in [-0.25, -0.2) is 8.42 Å². The predicted molar refractivity (Wildman–Crippen MR) is 125 cm³/mol. The first-order valence-corrected chi connectivity index (χ1v) is 13.7. The van der Waals surface area contributed by atoms with E-state index in [4.69, 9.17) is 0 Å². The van der Waals surface area contributed by atoms with Gasteiger partial charge in [0.05, 0.1) is 6.26 Å². The molecule has 1 aromatic rings. The molecule has 0 spiro atoms. The molecule has 0 radical (unpaired) electrons. The Morgan fingerprint density at radius 1 is 1.10 bits per heavy atom. The van der Waals surface area contributed by atoms with Crippen molar-refractivity contribution in [2.24, 2.45) is 29.1 Å². The van der Waals surface area contributed by atoms with Crippen molar-refractivity contribution in [3.8, 4) is 0 Å². The van der Waals surface area contributed by atoms with Gasteiger partial charge in [-0.3, -0.25) is 4.72 Å². The first kappa shape index (κ1) is 22.1. The number of piperidine rings is 1. The second kappa shape index (κ2) is 7.81. The largest absolute Gasteiger partial charge is 0.302 e. The molecule has 5 heteroatoms. The highest BCUT2D eigenvalue weighted by Gasteiger charge is 2.67. The summed E-state index contributed by atoms with van der Waals surface area (Å²) in [5.74, 6) is 3.21. The summed E-state index contributed by atoms with van der Waals surface area (Å²) in [6.45, 7) is 13.2. The molecule has 1 aliphatic heterocycles. The molecule has 0 bridgehead atoms. The van der Waals surface area contributed by atoms with E-state index in [1.54, 1.807) is 0 Å². The number of hydrogen-bond donors (Lipinski definition) is 1.